The summed E-state index contributed by atoms with van der Waals surface area (Å²) in [4.78, 5) is 17.4. The van der Waals surface area contributed by atoms with E-state index in [1.165, 1.54) is 23.5 Å². The lowest BCUT2D eigenvalue weighted by Crippen LogP contribution is -2.44. The van der Waals surface area contributed by atoms with E-state index in [1.807, 2.05) is 20.8 Å². The van der Waals surface area contributed by atoms with E-state index in [1.54, 1.807) is 41.8 Å². The van der Waals surface area contributed by atoms with Crippen molar-refractivity contribution in [3.63, 3.8) is 0 Å². The maximum Gasteiger partial charge on any atom is 0.244 e. The highest BCUT2D eigenvalue weighted by Gasteiger charge is 2.27. The third-order valence-electron chi connectivity index (χ3n) is 4.55. The molecule has 0 aliphatic carbocycles. The summed E-state index contributed by atoms with van der Waals surface area (Å²) < 4.78 is 28.1. The Labute approximate surface area is 186 Å². The summed E-state index contributed by atoms with van der Waals surface area (Å²) in [5.41, 5.74) is 2.40. The molecule has 1 amide bonds. The van der Waals surface area contributed by atoms with Gasteiger partial charge in [-0.05, 0) is 55.7 Å². The number of benzene rings is 2. The van der Waals surface area contributed by atoms with E-state index in [0.29, 0.717) is 17.2 Å². The number of aromatic nitrogens is 1. The summed E-state index contributed by atoms with van der Waals surface area (Å²) in [5.74, 6) is -0.207. The number of rotatable bonds is 8. The third-order valence-corrected chi connectivity index (χ3v) is 6.79. The molecule has 0 aliphatic heterocycles. The van der Waals surface area contributed by atoms with Crippen LogP contribution < -0.4 is 10.0 Å². The number of sulfonamides is 1. The molecular formula is C22H25N3O4S2. The van der Waals surface area contributed by atoms with E-state index in [2.05, 4.69) is 15.0 Å². The summed E-state index contributed by atoms with van der Waals surface area (Å²) in [5, 5.41) is 14.3. The predicted octanol–water partition coefficient (Wildman–Crippen LogP) is 4.16. The number of amides is 1. The number of carbonyl (C=O) groups is 1. The zero-order valence-corrected chi connectivity index (χ0v) is 19.1. The lowest BCUT2D eigenvalue weighted by Gasteiger charge is -2.19. The van der Waals surface area contributed by atoms with Crippen molar-refractivity contribution < 1.29 is 18.3 Å². The molecule has 2 aromatic carbocycles. The topological polar surface area (TPSA) is 108 Å². The van der Waals surface area contributed by atoms with Crippen LogP contribution in [-0.2, 0) is 14.8 Å². The fourth-order valence-corrected chi connectivity index (χ4v) is 4.87. The van der Waals surface area contributed by atoms with Crippen molar-refractivity contribution in [2.24, 2.45) is 5.92 Å². The van der Waals surface area contributed by atoms with Gasteiger partial charge in [-0.3, -0.25) is 4.79 Å². The van der Waals surface area contributed by atoms with E-state index >= 15 is 0 Å². The maximum absolute atomic E-state index is 12.9. The average molecular weight is 460 g/mol. The molecule has 9 heteroatoms. The molecule has 31 heavy (non-hydrogen) atoms. The molecule has 0 saturated carbocycles. The fourth-order valence-electron chi connectivity index (χ4n) is 2.94. The number of nitrogens with one attached hydrogen (secondary N) is 2. The molecule has 7 nitrogen and oxygen atoms in total. The highest BCUT2D eigenvalue weighted by atomic mass is 32.2. The molecule has 0 aliphatic rings. The summed E-state index contributed by atoms with van der Waals surface area (Å²) in [6, 6.07) is 12.1. The van der Waals surface area contributed by atoms with E-state index in [-0.39, 0.29) is 16.6 Å². The number of aromatic hydroxyl groups is 1. The average Bonchev–Trinajstić information content (AvgIpc) is 3.16. The van der Waals surface area contributed by atoms with Crippen LogP contribution in [0.5, 0.6) is 5.75 Å². The molecule has 3 aromatic rings. The number of carbonyl (C=O) groups excluding carboxylic acids is 1. The van der Waals surface area contributed by atoms with Crippen molar-refractivity contribution >= 4 is 32.4 Å². The van der Waals surface area contributed by atoms with Gasteiger partial charge in [0, 0.05) is 10.9 Å². The number of anilines is 1. The first-order valence-electron chi connectivity index (χ1n) is 9.79. The third kappa shape index (κ3) is 6.13. The number of thiazole rings is 1. The van der Waals surface area contributed by atoms with Gasteiger partial charge in [-0.25, -0.2) is 13.4 Å². The molecule has 1 heterocycles. The first-order chi connectivity index (χ1) is 14.6. The Balaban J connectivity index is 1.76. The van der Waals surface area contributed by atoms with Gasteiger partial charge in [-0.15, -0.1) is 11.3 Å². The van der Waals surface area contributed by atoms with Gasteiger partial charge in [0.25, 0.3) is 0 Å². The van der Waals surface area contributed by atoms with Gasteiger partial charge in [0.1, 0.15) is 11.8 Å². The summed E-state index contributed by atoms with van der Waals surface area (Å²) >= 11 is 1.25. The van der Waals surface area contributed by atoms with Crippen molar-refractivity contribution in [3.8, 4) is 17.0 Å². The number of phenolic OH excluding ortho intramolecular Hbond substituents is 1. The SMILES string of the molecule is Cc1ccc(S(=O)(=O)NC(CC(C)C)C(=O)Nc2nc(-c3ccc(O)cc3)cs2)cc1. The van der Waals surface area contributed by atoms with Gasteiger partial charge >= 0.3 is 0 Å². The summed E-state index contributed by atoms with van der Waals surface area (Å²) in [6.45, 7) is 5.72. The molecule has 1 unspecified atom stereocenters. The van der Waals surface area contributed by atoms with Crippen molar-refractivity contribution in [1.82, 2.24) is 9.71 Å². The molecule has 1 atom stereocenters. The molecule has 0 spiro atoms. The van der Waals surface area contributed by atoms with Crippen molar-refractivity contribution in [2.75, 3.05) is 5.32 Å². The maximum atomic E-state index is 12.9. The Morgan fingerprint density at radius 3 is 2.35 bits per heavy atom. The normalized spacial score (nSPS) is 12.6. The molecule has 1 aromatic heterocycles. The van der Waals surface area contributed by atoms with Crippen LogP contribution in [-0.4, -0.2) is 30.5 Å². The molecule has 3 rings (SSSR count). The lowest BCUT2D eigenvalue weighted by atomic mass is 10.0. The quantitative estimate of drug-likeness (QED) is 0.469. The zero-order chi connectivity index (χ0) is 22.6. The molecular weight excluding hydrogens is 434 g/mol. The van der Waals surface area contributed by atoms with Crippen LogP contribution in [0.15, 0.2) is 58.8 Å². The second-order valence-corrected chi connectivity index (χ2v) is 10.3. The fraction of sp³-hybridized carbons (Fsp3) is 0.273. The minimum atomic E-state index is -3.85. The Bertz CT molecular complexity index is 1140. The standard InChI is InChI=1S/C22H25N3O4S2/c1-14(2)12-19(25-31(28,29)18-10-4-15(3)5-11-18)21(27)24-22-23-20(13-30-22)16-6-8-17(26)9-7-16/h4-11,13-14,19,25-26H,12H2,1-3H3,(H,23,24,27). The smallest absolute Gasteiger partial charge is 0.244 e. The van der Waals surface area contributed by atoms with Gasteiger partial charge in [0.05, 0.1) is 10.6 Å². The van der Waals surface area contributed by atoms with Gasteiger partial charge in [0.15, 0.2) is 5.13 Å². The first-order valence-corrected chi connectivity index (χ1v) is 12.1. The highest BCUT2D eigenvalue weighted by molar-refractivity contribution is 7.89. The van der Waals surface area contributed by atoms with E-state index < -0.39 is 22.0 Å². The highest BCUT2D eigenvalue weighted by Crippen LogP contribution is 2.26. The Morgan fingerprint density at radius 1 is 1.10 bits per heavy atom. The van der Waals surface area contributed by atoms with Crippen LogP contribution in [0.4, 0.5) is 5.13 Å². The molecule has 164 valence electrons. The second kappa shape index (κ2) is 9.59. The Hall–Kier alpha value is -2.75. The van der Waals surface area contributed by atoms with Gasteiger partial charge in [0.2, 0.25) is 15.9 Å². The van der Waals surface area contributed by atoms with E-state index in [4.69, 9.17) is 0 Å². The van der Waals surface area contributed by atoms with Gasteiger partial charge in [-0.2, -0.15) is 4.72 Å². The molecule has 0 radical (unpaired) electrons. The monoisotopic (exact) mass is 459 g/mol. The van der Waals surface area contributed by atoms with Crippen LogP contribution in [0.25, 0.3) is 11.3 Å². The Kier molecular flexibility index (Phi) is 7.09. The van der Waals surface area contributed by atoms with Crippen LogP contribution in [0.2, 0.25) is 0 Å². The Morgan fingerprint density at radius 2 is 1.74 bits per heavy atom. The number of phenols is 1. The molecule has 0 bridgehead atoms. The van der Waals surface area contributed by atoms with Crippen LogP contribution >= 0.6 is 11.3 Å². The molecule has 0 saturated heterocycles. The van der Waals surface area contributed by atoms with E-state index in [0.717, 1.165) is 11.1 Å². The second-order valence-electron chi connectivity index (χ2n) is 7.69. The number of hydrogen-bond donors (Lipinski definition) is 3. The van der Waals surface area contributed by atoms with Gasteiger partial charge < -0.3 is 10.4 Å². The first kappa shape index (κ1) is 22.9. The van der Waals surface area contributed by atoms with Gasteiger partial charge in [-0.1, -0.05) is 31.5 Å². The minimum Gasteiger partial charge on any atom is -0.508 e. The predicted molar refractivity (Wildman–Crippen MR) is 123 cm³/mol. The van der Waals surface area contributed by atoms with Crippen molar-refractivity contribution in [2.45, 2.75) is 38.1 Å². The zero-order valence-electron chi connectivity index (χ0n) is 17.5. The number of aryl methyl sites for hydroxylation is 1. The lowest BCUT2D eigenvalue weighted by molar-refractivity contribution is -0.118. The largest absolute Gasteiger partial charge is 0.508 e. The summed E-state index contributed by atoms with van der Waals surface area (Å²) in [7, 11) is -3.85. The van der Waals surface area contributed by atoms with E-state index in [9.17, 15) is 18.3 Å². The number of hydrogen-bond acceptors (Lipinski definition) is 6. The molecule has 0 fully saturated rings. The van der Waals surface area contributed by atoms with Crippen molar-refractivity contribution in [3.05, 3.63) is 59.5 Å². The van der Waals surface area contributed by atoms with Crippen molar-refractivity contribution in [1.29, 1.82) is 0 Å². The van der Waals surface area contributed by atoms with Crippen LogP contribution in [0, 0.1) is 12.8 Å². The summed E-state index contributed by atoms with van der Waals surface area (Å²) in [6.07, 6.45) is 0.340. The van der Waals surface area contributed by atoms with Crippen LogP contribution in [0.1, 0.15) is 25.8 Å². The van der Waals surface area contributed by atoms with Crippen LogP contribution in [0.3, 0.4) is 0 Å². The minimum absolute atomic E-state index is 0.0975. The number of nitrogens with zero attached hydrogens (tertiary/aromatic N) is 1. The molecule has 3 N–H and O–H groups in total.